The third kappa shape index (κ3) is 12.5. The highest BCUT2D eigenvalue weighted by atomic mass is 31.2. The molecule has 3 aromatic carbocycles. The SMILES string of the molecule is COc1ccc(C(OCCN(CP(=O)(OCc2cc(OC)cc[n+]2[O-])OC[C@H]2O[C@@H](n3cc(C)c(=O)[nH]c3=O)C[C@@H]2OC(C)=O)C(=O)Cn2cc(C)c(=O)[nH]c2=O)(c2ccccc2)c2ccc(OC)cc2)cc1. The van der Waals surface area contributed by atoms with Crippen LogP contribution in [0, 0.1) is 19.1 Å². The van der Waals surface area contributed by atoms with Gasteiger partial charge in [0.1, 0.15) is 60.7 Å². The number of pyridine rings is 1. The number of methoxy groups -OCH3 is 3. The first-order chi connectivity index (χ1) is 34.9. The molecule has 1 saturated heterocycles. The molecule has 22 nitrogen and oxygen atoms in total. The third-order valence-electron chi connectivity index (χ3n) is 12.0. The van der Waals surface area contributed by atoms with Crippen molar-refractivity contribution in [1.82, 2.24) is 24.0 Å². The van der Waals surface area contributed by atoms with Gasteiger partial charge in [0.05, 0.1) is 40.6 Å². The van der Waals surface area contributed by atoms with Crippen LogP contribution in [0.4, 0.5) is 0 Å². The van der Waals surface area contributed by atoms with Gasteiger partial charge in [0.25, 0.3) is 11.1 Å². The van der Waals surface area contributed by atoms with Gasteiger partial charge in [-0.25, -0.2) is 9.59 Å². The van der Waals surface area contributed by atoms with Crippen LogP contribution in [0.2, 0.25) is 0 Å². The minimum absolute atomic E-state index is 0.0611. The lowest BCUT2D eigenvalue weighted by molar-refractivity contribution is -0.616. The van der Waals surface area contributed by atoms with Gasteiger partial charge in [0, 0.05) is 49.5 Å². The molecule has 6 aromatic rings. The zero-order chi connectivity index (χ0) is 52.5. The van der Waals surface area contributed by atoms with E-state index >= 15 is 4.57 Å². The predicted octanol–water partition coefficient (Wildman–Crippen LogP) is 3.80. The monoisotopic (exact) mass is 1030 g/mol. The van der Waals surface area contributed by atoms with Gasteiger partial charge in [-0.3, -0.25) is 47.4 Å². The standard InChI is InChI=1S/C50H55N6O16P/c1-32-26-54(48(61)51-46(32)59)28-44(58)53(22-23-68-50(35-10-8-7-9-11-35,36-12-16-39(65-4)17-13-36)37-14-18-40(66-5)19-15-37)31-73(64,69-29-38-24-41(67-6)20-21-56(38)63)70-30-43-42(71-34(3)57)25-45(72-43)55-27-33(2)47(60)52-49(55)62/h7-21,24,26-27,42-43,45H,22-23,25,28-31H2,1-6H3,(H,51,59,61)(H,52,60,62)/t42-,43+,45+,73?/m0/s1. The van der Waals surface area contributed by atoms with E-state index in [1.54, 1.807) is 38.5 Å². The molecule has 1 fully saturated rings. The first-order valence-corrected chi connectivity index (χ1v) is 24.5. The third-order valence-corrected chi connectivity index (χ3v) is 13.8. The fourth-order valence-electron chi connectivity index (χ4n) is 8.22. The Morgan fingerprint density at radius 3 is 2.00 bits per heavy atom. The number of H-pyrrole nitrogens is 2. The van der Waals surface area contributed by atoms with Crippen molar-refractivity contribution in [3.05, 3.63) is 190 Å². The van der Waals surface area contributed by atoms with Gasteiger partial charge in [-0.05, 0) is 54.8 Å². The number of aryl methyl sites for hydroxylation is 2. The summed E-state index contributed by atoms with van der Waals surface area (Å²) in [6.07, 6.45) is -0.646. The summed E-state index contributed by atoms with van der Waals surface area (Å²) in [6, 6.07) is 26.5. The maximum atomic E-state index is 15.5. The Labute approximate surface area is 417 Å². The molecule has 0 saturated carbocycles. The highest BCUT2D eigenvalue weighted by molar-refractivity contribution is 7.53. The molecule has 2 N–H and O–H groups in total. The molecule has 1 amide bonds. The van der Waals surface area contributed by atoms with Gasteiger partial charge in [-0.2, -0.15) is 4.73 Å². The highest BCUT2D eigenvalue weighted by Gasteiger charge is 2.43. The van der Waals surface area contributed by atoms with Crippen LogP contribution in [0.15, 0.2) is 129 Å². The molecule has 1 aliphatic heterocycles. The number of ether oxygens (including phenoxy) is 6. The van der Waals surface area contributed by atoms with Gasteiger partial charge in [0.2, 0.25) is 11.6 Å². The summed E-state index contributed by atoms with van der Waals surface area (Å²) in [4.78, 5) is 83.2. The molecule has 0 spiro atoms. The molecule has 0 aliphatic carbocycles. The number of esters is 1. The van der Waals surface area contributed by atoms with Crippen molar-refractivity contribution in [3.63, 3.8) is 0 Å². The fourth-order valence-corrected chi connectivity index (χ4v) is 9.88. The van der Waals surface area contributed by atoms with E-state index in [-0.39, 0.29) is 42.1 Å². The van der Waals surface area contributed by atoms with Crippen molar-refractivity contribution in [2.75, 3.05) is 47.4 Å². The van der Waals surface area contributed by atoms with E-state index in [0.717, 1.165) is 20.2 Å². The quantitative estimate of drug-likeness (QED) is 0.0322. The van der Waals surface area contributed by atoms with Gasteiger partial charge >= 0.3 is 24.9 Å². The lowest BCUT2D eigenvalue weighted by Crippen LogP contribution is -2.42. The Morgan fingerprint density at radius 2 is 1.40 bits per heavy atom. The van der Waals surface area contributed by atoms with E-state index in [4.69, 9.17) is 37.5 Å². The van der Waals surface area contributed by atoms with Crippen LogP contribution >= 0.6 is 7.60 Å². The fraction of sp³-hybridized carbons (Fsp3) is 0.340. The lowest BCUT2D eigenvalue weighted by Gasteiger charge is -2.37. The summed E-state index contributed by atoms with van der Waals surface area (Å²) in [5, 5.41) is 13.0. The molecule has 4 atom stereocenters. The molecule has 7 rings (SSSR count). The Kier molecular flexibility index (Phi) is 17.0. The van der Waals surface area contributed by atoms with E-state index in [1.165, 1.54) is 52.4 Å². The Morgan fingerprint density at radius 1 is 0.808 bits per heavy atom. The van der Waals surface area contributed by atoms with Crippen LogP contribution in [0.5, 0.6) is 17.2 Å². The molecule has 3 aromatic heterocycles. The number of nitrogens with one attached hydrogen (secondary N) is 2. The molecule has 4 heterocycles. The number of carbonyl (C=O) groups is 2. The van der Waals surface area contributed by atoms with Crippen LogP contribution in [-0.4, -0.2) is 95.5 Å². The van der Waals surface area contributed by atoms with Crippen LogP contribution in [0.3, 0.4) is 0 Å². The van der Waals surface area contributed by atoms with Gasteiger partial charge in [-0.15, -0.1) is 0 Å². The first kappa shape index (κ1) is 53.2. The van der Waals surface area contributed by atoms with E-state index in [1.807, 2.05) is 54.6 Å². The number of aromatic nitrogens is 5. The number of aromatic amines is 2. The summed E-state index contributed by atoms with van der Waals surface area (Å²) >= 11 is 0. The molecule has 23 heteroatoms. The summed E-state index contributed by atoms with van der Waals surface area (Å²) in [6.45, 7) is 1.57. The zero-order valence-corrected chi connectivity index (χ0v) is 41.7. The number of benzene rings is 3. The van der Waals surface area contributed by atoms with Crippen molar-refractivity contribution >= 4 is 19.5 Å². The number of carbonyl (C=O) groups excluding carboxylic acids is 2. The average molecular weight is 1030 g/mol. The Hall–Kier alpha value is -7.62. The molecule has 0 radical (unpaired) electrons. The number of hydrogen-bond donors (Lipinski definition) is 2. The van der Waals surface area contributed by atoms with E-state index in [9.17, 15) is 34.0 Å². The molecule has 1 unspecified atom stereocenters. The van der Waals surface area contributed by atoms with E-state index in [0.29, 0.717) is 32.9 Å². The molecule has 73 heavy (non-hydrogen) atoms. The highest BCUT2D eigenvalue weighted by Crippen LogP contribution is 2.51. The Balaban J connectivity index is 1.28. The molecule has 1 aliphatic rings. The second kappa shape index (κ2) is 23.3. The largest absolute Gasteiger partial charge is 0.618 e. The van der Waals surface area contributed by atoms with Crippen LogP contribution in [0.25, 0.3) is 0 Å². The zero-order valence-electron chi connectivity index (χ0n) is 40.8. The summed E-state index contributed by atoms with van der Waals surface area (Å²) < 4.78 is 65.3. The maximum Gasteiger partial charge on any atom is 0.350 e. The number of hydrogen-bond acceptors (Lipinski definition) is 16. The normalized spacial score (nSPS) is 16.3. The van der Waals surface area contributed by atoms with Crippen molar-refractivity contribution < 1.29 is 56.4 Å². The smallest absolute Gasteiger partial charge is 0.350 e. The van der Waals surface area contributed by atoms with Crippen LogP contribution < -0.4 is 41.4 Å². The van der Waals surface area contributed by atoms with Crippen molar-refractivity contribution in [2.24, 2.45) is 0 Å². The van der Waals surface area contributed by atoms with Gasteiger partial charge in [-0.1, -0.05) is 54.6 Å². The van der Waals surface area contributed by atoms with Crippen LogP contribution in [-0.2, 0) is 56.2 Å². The number of amides is 1. The molecular formula is C50H55N6O16P. The van der Waals surface area contributed by atoms with Crippen molar-refractivity contribution in [1.29, 1.82) is 0 Å². The molecule has 386 valence electrons. The summed E-state index contributed by atoms with van der Waals surface area (Å²) in [7, 11) is -0.253. The van der Waals surface area contributed by atoms with Gasteiger partial charge < -0.3 is 43.1 Å². The number of nitrogens with zero attached hydrogens (tertiary/aromatic N) is 4. The second-order valence-corrected chi connectivity index (χ2v) is 18.9. The predicted molar refractivity (Wildman–Crippen MR) is 261 cm³/mol. The minimum atomic E-state index is -4.73. The van der Waals surface area contributed by atoms with E-state index in [2.05, 4.69) is 9.97 Å². The van der Waals surface area contributed by atoms with E-state index < -0.39 is 92.1 Å². The van der Waals surface area contributed by atoms with Gasteiger partial charge in [0.15, 0.2) is 6.20 Å². The first-order valence-electron chi connectivity index (χ1n) is 22.8. The van der Waals surface area contributed by atoms with Crippen molar-refractivity contribution in [2.45, 2.75) is 64.4 Å². The Bertz CT molecular complexity index is 3150. The summed E-state index contributed by atoms with van der Waals surface area (Å²) in [5.41, 5.74) is -2.05. The topological polar surface area (TPSA) is 265 Å². The van der Waals surface area contributed by atoms with Crippen molar-refractivity contribution in [3.8, 4) is 17.2 Å². The average Bonchev–Trinajstić information content (AvgIpc) is 3.78. The summed E-state index contributed by atoms with van der Waals surface area (Å²) in [5.74, 6) is -0.0746. The second-order valence-electron chi connectivity index (χ2n) is 16.9. The van der Waals surface area contributed by atoms with Crippen LogP contribution in [0.1, 0.15) is 53.1 Å². The number of rotatable bonds is 22. The molecule has 0 bridgehead atoms. The maximum absolute atomic E-state index is 15.5. The lowest BCUT2D eigenvalue weighted by atomic mass is 9.80. The minimum Gasteiger partial charge on any atom is -0.618 e. The molecular weight excluding hydrogens is 972 g/mol.